The minimum atomic E-state index is -0.851. The van der Waals surface area contributed by atoms with Crippen molar-refractivity contribution in [2.75, 3.05) is 13.7 Å². The molecule has 3 nitrogen and oxygen atoms in total. The second-order valence-corrected chi connectivity index (χ2v) is 3.60. The molecule has 0 aliphatic heterocycles. The van der Waals surface area contributed by atoms with Crippen molar-refractivity contribution in [2.24, 2.45) is 0 Å². The highest BCUT2D eigenvalue weighted by atomic mass is 16.5. The Morgan fingerprint density at radius 1 is 1.12 bits per heavy atom. The number of methoxy groups -OCH3 is 1. The third-order valence-electron chi connectivity index (χ3n) is 2.67. The number of fused-ring (bicyclic) bond motifs is 1. The van der Waals surface area contributed by atoms with Gasteiger partial charge in [0.05, 0.1) is 13.7 Å². The summed E-state index contributed by atoms with van der Waals surface area (Å²) in [6.07, 6.45) is -0.851. The van der Waals surface area contributed by atoms with Gasteiger partial charge in [0.1, 0.15) is 11.9 Å². The minimum absolute atomic E-state index is 0.281. The largest absolute Gasteiger partial charge is 0.496 e. The summed E-state index contributed by atoms with van der Waals surface area (Å²) in [5.74, 6) is 0.768. The van der Waals surface area contributed by atoms with Crippen LogP contribution in [0.5, 0.6) is 5.75 Å². The van der Waals surface area contributed by atoms with Gasteiger partial charge in [-0.1, -0.05) is 30.3 Å². The van der Waals surface area contributed by atoms with Crippen LogP contribution in [0.1, 0.15) is 11.7 Å². The molecule has 84 valence electrons. The molecule has 0 fully saturated rings. The first-order valence-corrected chi connectivity index (χ1v) is 5.12. The Bertz CT molecular complexity index is 494. The van der Waals surface area contributed by atoms with Crippen LogP contribution in [0.25, 0.3) is 10.8 Å². The van der Waals surface area contributed by atoms with Crippen molar-refractivity contribution in [1.82, 2.24) is 0 Å². The zero-order chi connectivity index (χ0) is 11.5. The quantitative estimate of drug-likeness (QED) is 0.827. The van der Waals surface area contributed by atoms with Crippen molar-refractivity contribution in [2.45, 2.75) is 6.10 Å². The van der Waals surface area contributed by atoms with E-state index in [1.807, 2.05) is 24.3 Å². The van der Waals surface area contributed by atoms with Gasteiger partial charge >= 0.3 is 0 Å². The Morgan fingerprint density at radius 3 is 2.44 bits per heavy atom. The molecule has 16 heavy (non-hydrogen) atoms. The third kappa shape index (κ3) is 1.75. The number of aliphatic hydroxyl groups is 2. The Hall–Kier alpha value is -1.58. The van der Waals surface area contributed by atoms with Crippen LogP contribution in [0.2, 0.25) is 0 Å². The maximum absolute atomic E-state index is 9.70. The topological polar surface area (TPSA) is 49.7 Å². The van der Waals surface area contributed by atoms with Crippen molar-refractivity contribution in [1.29, 1.82) is 0 Å². The number of hydrogen-bond acceptors (Lipinski definition) is 3. The summed E-state index contributed by atoms with van der Waals surface area (Å²) >= 11 is 0. The second kappa shape index (κ2) is 4.51. The monoisotopic (exact) mass is 218 g/mol. The zero-order valence-electron chi connectivity index (χ0n) is 9.05. The third-order valence-corrected chi connectivity index (χ3v) is 2.67. The maximum atomic E-state index is 9.70. The lowest BCUT2D eigenvalue weighted by atomic mass is 10.00. The summed E-state index contributed by atoms with van der Waals surface area (Å²) in [5.41, 5.74) is 0.721. The minimum Gasteiger partial charge on any atom is -0.496 e. The van der Waals surface area contributed by atoms with E-state index in [0.29, 0.717) is 0 Å². The lowest BCUT2D eigenvalue weighted by Crippen LogP contribution is -2.03. The smallest absolute Gasteiger partial charge is 0.126 e. The molecule has 0 aliphatic carbocycles. The van der Waals surface area contributed by atoms with Gasteiger partial charge in [0.15, 0.2) is 0 Å². The lowest BCUT2D eigenvalue weighted by Gasteiger charge is -2.13. The van der Waals surface area contributed by atoms with Crippen molar-refractivity contribution in [3.8, 4) is 5.75 Å². The normalized spacial score (nSPS) is 12.7. The molecule has 0 unspecified atom stereocenters. The van der Waals surface area contributed by atoms with E-state index in [1.165, 1.54) is 0 Å². The summed E-state index contributed by atoms with van der Waals surface area (Å²) in [5, 5.41) is 20.5. The summed E-state index contributed by atoms with van der Waals surface area (Å²) in [4.78, 5) is 0. The molecular weight excluding hydrogens is 204 g/mol. The molecule has 0 amide bonds. The van der Waals surface area contributed by atoms with E-state index in [-0.39, 0.29) is 6.61 Å². The molecule has 2 N–H and O–H groups in total. The highest BCUT2D eigenvalue weighted by molar-refractivity contribution is 5.91. The number of ether oxygens (including phenoxy) is 1. The number of aliphatic hydroxyl groups excluding tert-OH is 2. The van der Waals surface area contributed by atoms with Gasteiger partial charge in [-0.2, -0.15) is 0 Å². The highest BCUT2D eigenvalue weighted by Crippen LogP contribution is 2.31. The molecule has 2 aromatic carbocycles. The van der Waals surface area contributed by atoms with Crippen molar-refractivity contribution in [3.05, 3.63) is 42.0 Å². The second-order valence-electron chi connectivity index (χ2n) is 3.60. The van der Waals surface area contributed by atoms with Gasteiger partial charge in [-0.3, -0.25) is 0 Å². The van der Waals surface area contributed by atoms with Crippen LogP contribution in [-0.2, 0) is 0 Å². The van der Waals surface area contributed by atoms with E-state index < -0.39 is 6.10 Å². The molecule has 0 saturated carbocycles. The first-order valence-electron chi connectivity index (χ1n) is 5.12. The molecule has 0 saturated heterocycles. The average Bonchev–Trinajstić information content (AvgIpc) is 2.36. The molecule has 2 aromatic rings. The fourth-order valence-corrected chi connectivity index (χ4v) is 1.86. The molecule has 0 heterocycles. The highest BCUT2D eigenvalue weighted by Gasteiger charge is 2.12. The lowest BCUT2D eigenvalue weighted by molar-refractivity contribution is 0.0967. The van der Waals surface area contributed by atoms with Crippen molar-refractivity contribution >= 4 is 10.8 Å². The Balaban J connectivity index is 2.69. The van der Waals surface area contributed by atoms with Gasteiger partial charge in [0.25, 0.3) is 0 Å². The molecular formula is C13H14O3. The summed E-state index contributed by atoms with van der Waals surface area (Å²) < 4.78 is 5.25. The predicted molar refractivity (Wildman–Crippen MR) is 62.5 cm³/mol. The Kier molecular flexibility index (Phi) is 3.08. The van der Waals surface area contributed by atoms with Gasteiger partial charge in [-0.05, 0) is 17.0 Å². The molecule has 0 bridgehead atoms. The van der Waals surface area contributed by atoms with Gasteiger partial charge in [0, 0.05) is 5.39 Å². The fraction of sp³-hybridized carbons (Fsp3) is 0.231. The molecule has 0 aliphatic rings. The van der Waals surface area contributed by atoms with E-state index in [1.54, 1.807) is 19.2 Å². The van der Waals surface area contributed by atoms with Gasteiger partial charge in [-0.25, -0.2) is 0 Å². The first-order chi connectivity index (χ1) is 7.77. The van der Waals surface area contributed by atoms with E-state index in [2.05, 4.69) is 0 Å². The van der Waals surface area contributed by atoms with E-state index in [0.717, 1.165) is 22.1 Å². The Morgan fingerprint density at radius 2 is 1.81 bits per heavy atom. The number of hydrogen-bond donors (Lipinski definition) is 2. The van der Waals surface area contributed by atoms with Crippen LogP contribution in [-0.4, -0.2) is 23.9 Å². The van der Waals surface area contributed by atoms with Crippen molar-refractivity contribution < 1.29 is 14.9 Å². The van der Waals surface area contributed by atoms with Gasteiger partial charge in [0.2, 0.25) is 0 Å². The average molecular weight is 218 g/mol. The van der Waals surface area contributed by atoms with Crippen LogP contribution in [0.3, 0.4) is 0 Å². The van der Waals surface area contributed by atoms with Crippen LogP contribution >= 0.6 is 0 Å². The predicted octanol–water partition coefficient (Wildman–Crippen LogP) is 1.87. The zero-order valence-corrected chi connectivity index (χ0v) is 9.05. The molecule has 0 radical (unpaired) electrons. The maximum Gasteiger partial charge on any atom is 0.126 e. The SMILES string of the molecule is COc1ccc([C@H](O)CO)c2ccccc12. The van der Waals surface area contributed by atoms with Crippen LogP contribution in [0.4, 0.5) is 0 Å². The molecule has 0 spiro atoms. The molecule has 3 heteroatoms. The van der Waals surface area contributed by atoms with Gasteiger partial charge in [-0.15, -0.1) is 0 Å². The van der Waals surface area contributed by atoms with Crippen molar-refractivity contribution in [3.63, 3.8) is 0 Å². The van der Waals surface area contributed by atoms with Gasteiger partial charge < -0.3 is 14.9 Å². The van der Waals surface area contributed by atoms with Crippen LogP contribution in [0.15, 0.2) is 36.4 Å². The van der Waals surface area contributed by atoms with E-state index in [4.69, 9.17) is 9.84 Å². The fourth-order valence-electron chi connectivity index (χ4n) is 1.86. The summed E-state index contributed by atoms with van der Waals surface area (Å²) in [6, 6.07) is 11.2. The summed E-state index contributed by atoms with van der Waals surface area (Å²) in [7, 11) is 1.61. The van der Waals surface area contributed by atoms with E-state index in [9.17, 15) is 5.11 Å². The standard InChI is InChI=1S/C13H14O3/c1-16-13-7-6-10(12(15)8-14)9-4-2-3-5-11(9)13/h2-7,12,14-15H,8H2,1H3/t12-/m1/s1. The van der Waals surface area contributed by atoms with Crippen LogP contribution < -0.4 is 4.74 Å². The molecule has 2 rings (SSSR count). The summed E-state index contributed by atoms with van der Waals surface area (Å²) in [6.45, 7) is -0.281. The number of benzene rings is 2. The van der Waals surface area contributed by atoms with E-state index >= 15 is 0 Å². The molecule has 0 aromatic heterocycles. The number of rotatable bonds is 3. The Labute approximate surface area is 93.9 Å². The first kappa shape index (κ1) is 10.9. The molecule has 1 atom stereocenters. The van der Waals surface area contributed by atoms with Crippen LogP contribution in [0, 0.1) is 0 Å².